The van der Waals surface area contributed by atoms with E-state index in [-0.39, 0.29) is 6.09 Å². The lowest BCUT2D eigenvalue weighted by Gasteiger charge is -2.45. The molecule has 1 aromatic rings. The van der Waals surface area contributed by atoms with E-state index in [9.17, 15) is 4.79 Å². The van der Waals surface area contributed by atoms with Gasteiger partial charge in [-0.3, -0.25) is 5.32 Å². The van der Waals surface area contributed by atoms with Gasteiger partial charge < -0.3 is 10.1 Å². The van der Waals surface area contributed by atoms with Gasteiger partial charge in [0.15, 0.2) is 5.60 Å². The first kappa shape index (κ1) is 8.73. The molecular formula is C11H12N2O2. The lowest BCUT2D eigenvalue weighted by Crippen LogP contribution is -2.61. The number of amides is 1. The van der Waals surface area contributed by atoms with Crippen LogP contribution >= 0.6 is 0 Å². The van der Waals surface area contributed by atoms with Gasteiger partial charge >= 0.3 is 6.09 Å². The topological polar surface area (TPSA) is 50.4 Å². The summed E-state index contributed by atoms with van der Waals surface area (Å²) in [6.07, 6.45) is -0.354. The highest BCUT2D eigenvalue weighted by Crippen LogP contribution is 2.39. The van der Waals surface area contributed by atoms with Gasteiger partial charge in [-0.25, -0.2) is 4.79 Å². The summed E-state index contributed by atoms with van der Waals surface area (Å²) >= 11 is 0. The molecular weight excluding hydrogens is 192 g/mol. The number of benzene rings is 1. The molecule has 1 saturated heterocycles. The molecule has 0 bridgehead atoms. The van der Waals surface area contributed by atoms with E-state index in [1.165, 1.54) is 5.56 Å². The van der Waals surface area contributed by atoms with Gasteiger partial charge in [0.2, 0.25) is 0 Å². The average Bonchev–Trinajstić information content (AvgIpc) is 2.15. The van der Waals surface area contributed by atoms with Gasteiger partial charge in [0.1, 0.15) is 0 Å². The summed E-state index contributed by atoms with van der Waals surface area (Å²) in [5.41, 5.74) is 2.71. The maximum atomic E-state index is 11.4. The molecule has 0 atom stereocenters. The smallest absolute Gasteiger partial charge is 0.412 e. The van der Waals surface area contributed by atoms with Gasteiger partial charge in [-0.2, -0.15) is 0 Å². The van der Waals surface area contributed by atoms with Crippen molar-refractivity contribution in [3.63, 3.8) is 0 Å². The molecule has 0 saturated carbocycles. The third-order valence-corrected chi connectivity index (χ3v) is 3.01. The van der Waals surface area contributed by atoms with Crippen LogP contribution in [0.25, 0.3) is 0 Å². The molecule has 1 amide bonds. The number of ether oxygens (including phenoxy) is 1. The van der Waals surface area contributed by atoms with Crippen molar-refractivity contribution in [1.82, 2.24) is 5.32 Å². The molecule has 0 unspecified atom stereocenters. The van der Waals surface area contributed by atoms with Crippen LogP contribution in [0.1, 0.15) is 11.1 Å². The predicted molar refractivity (Wildman–Crippen MR) is 55.8 cm³/mol. The molecule has 2 aliphatic rings. The number of aryl methyl sites for hydroxylation is 1. The minimum atomic E-state index is -0.427. The number of carbonyl (C=O) groups is 1. The van der Waals surface area contributed by atoms with Crippen molar-refractivity contribution < 1.29 is 9.53 Å². The van der Waals surface area contributed by atoms with E-state index in [2.05, 4.69) is 16.7 Å². The molecule has 0 aliphatic carbocycles. The average molecular weight is 204 g/mol. The summed E-state index contributed by atoms with van der Waals surface area (Å²) < 4.78 is 5.38. The van der Waals surface area contributed by atoms with Crippen LogP contribution in [0.3, 0.4) is 0 Å². The largest absolute Gasteiger partial charge is 0.435 e. The zero-order valence-corrected chi connectivity index (χ0v) is 8.46. The maximum Gasteiger partial charge on any atom is 0.412 e. The number of fused-ring (bicyclic) bond motifs is 2. The molecule has 15 heavy (non-hydrogen) atoms. The second-order valence-corrected chi connectivity index (χ2v) is 4.16. The van der Waals surface area contributed by atoms with Gasteiger partial charge in [-0.1, -0.05) is 11.6 Å². The van der Waals surface area contributed by atoms with Crippen LogP contribution in [-0.4, -0.2) is 19.2 Å². The van der Waals surface area contributed by atoms with Crippen LogP contribution < -0.4 is 10.6 Å². The number of nitrogens with one attached hydrogen (secondary N) is 2. The van der Waals surface area contributed by atoms with Crippen molar-refractivity contribution >= 4 is 11.8 Å². The molecule has 0 radical (unpaired) electrons. The van der Waals surface area contributed by atoms with Gasteiger partial charge in [0.25, 0.3) is 0 Å². The van der Waals surface area contributed by atoms with Crippen LogP contribution in [0.15, 0.2) is 18.2 Å². The Balaban J connectivity index is 2.15. The Kier molecular flexibility index (Phi) is 1.59. The first-order chi connectivity index (χ1) is 7.20. The molecule has 2 aliphatic heterocycles. The third kappa shape index (κ3) is 1.15. The van der Waals surface area contributed by atoms with Crippen molar-refractivity contribution in [1.29, 1.82) is 0 Å². The summed E-state index contributed by atoms with van der Waals surface area (Å²) in [4.78, 5) is 11.4. The molecule has 1 aromatic carbocycles. The minimum absolute atomic E-state index is 0.354. The lowest BCUT2D eigenvalue weighted by atomic mass is 9.85. The van der Waals surface area contributed by atoms with E-state index >= 15 is 0 Å². The fourth-order valence-electron chi connectivity index (χ4n) is 2.13. The first-order valence-corrected chi connectivity index (χ1v) is 5.01. The monoisotopic (exact) mass is 204 g/mol. The van der Waals surface area contributed by atoms with E-state index in [1.54, 1.807) is 0 Å². The highest BCUT2D eigenvalue weighted by Gasteiger charge is 2.47. The number of rotatable bonds is 0. The molecule has 1 fully saturated rings. The Labute approximate surface area is 87.6 Å². The van der Waals surface area contributed by atoms with Crippen LogP contribution in [0, 0.1) is 6.92 Å². The number of hydrogen-bond acceptors (Lipinski definition) is 3. The highest BCUT2D eigenvalue weighted by molar-refractivity contribution is 5.89. The zero-order valence-electron chi connectivity index (χ0n) is 8.46. The Morgan fingerprint density at radius 2 is 2.20 bits per heavy atom. The predicted octanol–water partition coefficient (Wildman–Crippen LogP) is 1.36. The lowest BCUT2D eigenvalue weighted by molar-refractivity contribution is -0.0297. The van der Waals surface area contributed by atoms with E-state index in [1.807, 2.05) is 19.1 Å². The third-order valence-electron chi connectivity index (χ3n) is 3.01. The van der Waals surface area contributed by atoms with E-state index < -0.39 is 5.60 Å². The van der Waals surface area contributed by atoms with Gasteiger partial charge in [-0.15, -0.1) is 0 Å². The Bertz CT molecular complexity index is 438. The molecule has 3 rings (SSSR count). The fourth-order valence-corrected chi connectivity index (χ4v) is 2.13. The van der Waals surface area contributed by atoms with E-state index in [4.69, 9.17) is 4.74 Å². The van der Waals surface area contributed by atoms with Gasteiger partial charge in [0, 0.05) is 18.7 Å². The normalized spacial score (nSPS) is 21.3. The summed E-state index contributed by atoms with van der Waals surface area (Å²) in [6, 6.07) is 6.00. The summed E-state index contributed by atoms with van der Waals surface area (Å²) in [5.74, 6) is 0. The maximum absolute atomic E-state index is 11.4. The summed E-state index contributed by atoms with van der Waals surface area (Å²) in [7, 11) is 0. The van der Waals surface area contributed by atoms with Crippen LogP contribution in [0.5, 0.6) is 0 Å². The first-order valence-electron chi connectivity index (χ1n) is 5.01. The van der Waals surface area contributed by atoms with Gasteiger partial charge in [-0.05, 0) is 19.1 Å². The fraction of sp³-hybridized carbons (Fsp3) is 0.364. The van der Waals surface area contributed by atoms with Crippen molar-refractivity contribution in [2.24, 2.45) is 0 Å². The van der Waals surface area contributed by atoms with Crippen molar-refractivity contribution in [2.45, 2.75) is 12.5 Å². The van der Waals surface area contributed by atoms with Crippen molar-refractivity contribution in [3.05, 3.63) is 29.3 Å². The second-order valence-electron chi connectivity index (χ2n) is 4.16. The second kappa shape index (κ2) is 2.73. The standard InChI is InChI=1S/C11H12N2O2/c1-7-2-3-9-8(4-7)11(5-12-6-11)15-10(14)13-9/h2-4,12H,5-6H2,1H3,(H,13,14). The Morgan fingerprint density at radius 3 is 2.87 bits per heavy atom. The highest BCUT2D eigenvalue weighted by atomic mass is 16.6. The minimum Gasteiger partial charge on any atom is -0.435 e. The Hall–Kier alpha value is -1.55. The molecule has 2 N–H and O–H groups in total. The van der Waals surface area contributed by atoms with Crippen molar-refractivity contribution in [3.8, 4) is 0 Å². The van der Waals surface area contributed by atoms with E-state index in [0.29, 0.717) is 13.1 Å². The number of anilines is 1. The molecule has 2 heterocycles. The molecule has 0 aromatic heterocycles. The SMILES string of the molecule is Cc1ccc2c(c1)C1(CNC1)OC(=O)N2. The number of carbonyl (C=O) groups excluding carboxylic acids is 1. The summed E-state index contributed by atoms with van der Waals surface area (Å²) in [5, 5.41) is 5.87. The van der Waals surface area contributed by atoms with E-state index in [0.717, 1.165) is 11.3 Å². The van der Waals surface area contributed by atoms with Crippen LogP contribution in [0.4, 0.5) is 10.5 Å². The van der Waals surface area contributed by atoms with Crippen LogP contribution in [-0.2, 0) is 10.3 Å². The van der Waals surface area contributed by atoms with Crippen molar-refractivity contribution in [2.75, 3.05) is 18.4 Å². The molecule has 4 heteroatoms. The quantitative estimate of drug-likeness (QED) is 0.670. The number of hydrogen-bond donors (Lipinski definition) is 2. The van der Waals surface area contributed by atoms with Crippen LogP contribution in [0.2, 0.25) is 0 Å². The Morgan fingerprint density at radius 1 is 1.40 bits per heavy atom. The molecule has 78 valence electrons. The molecule has 1 spiro atoms. The molecule has 4 nitrogen and oxygen atoms in total. The zero-order chi connectivity index (χ0) is 10.5. The van der Waals surface area contributed by atoms with Gasteiger partial charge in [0.05, 0.1) is 5.69 Å². The summed E-state index contributed by atoms with van der Waals surface area (Å²) in [6.45, 7) is 3.45.